The van der Waals surface area contributed by atoms with E-state index in [-0.39, 0.29) is 0 Å². The molecule has 8 heteroatoms. The van der Waals surface area contributed by atoms with Gasteiger partial charge in [0.25, 0.3) is 0 Å². The maximum absolute atomic E-state index is 13.0. The van der Waals surface area contributed by atoms with Gasteiger partial charge < -0.3 is 0 Å². The summed E-state index contributed by atoms with van der Waals surface area (Å²) in [5, 5.41) is -0.726. The molecule has 2 rings (SSSR count). The van der Waals surface area contributed by atoms with Crippen LogP contribution in [0.3, 0.4) is 0 Å². The highest BCUT2D eigenvalue weighted by atomic mass is 32.2. The van der Waals surface area contributed by atoms with Crippen molar-refractivity contribution in [1.82, 2.24) is 0 Å². The first-order valence-electron chi connectivity index (χ1n) is 6.14. The molecule has 0 aliphatic carbocycles. The molecule has 0 aliphatic heterocycles. The summed E-state index contributed by atoms with van der Waals surface area (Å²) in [5.74, 6) is -1.35. The minimum Gasteiger partial charge on any atom is -0.256 e. The molecule has 0 amide bonds. The Balaban J connectivity index is 2.35. The smallest absolute Gasteiger partial charge is 0.256 e. The Labute approximate surface area is 129 Å². The van der Waals surface area contributed by atoms with Crippen LogP contribution in [-0.2, 0) is 19.9 Å². The van der Waals surface area contributed by atoms with Gasteiger partial charge in [0.2, 0.25) is 0 Å². The average Bonchev–Trinajstić information content (AvgIpc) is 2.49. The maximum Gasteiger partial charge on any atom is 0.695 e. The molecule has 0 heterocycles. The van der Waals surface area contributed by atoms with Crippen LogP contribution in [-0.4, -0.2) is 15.0 Å². The summed E-state index contributed by atoms with van der Waals surface area (Å²) in [6, 6.07) is 10.7. The zero-order valence-electron chi connectivity index (χ0n) is 11.2. The molecule has 2 atom stereocenters. The number of hydrogen-bond acceptors (Lipinski definition) is 3. The van der Waals surface area contributed by atoms with Crippen molar-refractivity contribution < 1.29 is 27.0 Å². The topological polar surface area (TPSA) is 63.6 Å². The Kier molecular flexibility index (Phi) is 5.85. The largest absolute Gasteiger partial charge is 0.695 e. The quantitative estimate of drug-likeness (QED) is 0.815. The van der Waals surface area contributed by atoms with Crippen LogP contribution in [0, 0.1) is 11.6 Å². The molecule has 22 heavy (non-hydrogen) atoms. The molecule has 2 aromatic rings. The fourth-order valence-corrected chi connectivity index (χ4v) is 3.77. The molecule has 0 spiro atoms. The van der Waals surface area contributed by atoms with E-state index in [1.807, 2.05) is 0 Å². The SMILES string of the molecule is O=[P+](O)OC[S@@](=O)C(c1ccc(F)cc1)c1ccc(F)cc1. The third-order valence-corrected chi connectivity index (χ3v) is 4.83. The molecule has 0 aromatic heterocycles. The summed E-state index contributed by atoms with van der Waals surface area (Å²) < 4.78 is 53.5. The standard InChI is InChI=1S/C14H11F2O4PS/c15-12-5-1-10(2-6-12)14(22(19)9-20-21(17)18)11-3-7-13(16)8-4-11/h1-8,14H,9H2/p+1/t22-/m1/s1. The van der Waals surface area contributed by atoms with Crippen molar-refractivity contribution >= 4 is 19.1 Å². The van der Waals surface area contributed by atoms with E-state index < -0.39 is 41.9 Å². The molecule has 1 N–H and O–H groups in total. The normalized spacial score (nSPS) is 13.2. The predicted octanol–water partition coefficient (Wildman–Crippen LogP) is 3.43. The molecule has 2 aromatic carbocycles. The van der Waals surface area contributed by atoms with Gasteiger partial charge in [-0.3, -0.25) is 4.21 Å². The summed E-state index contributed by atoms with van der Waals surface area (Å²) in [6.45, 7) is 0. The second-order valence-electron chi connectivity index (χ2n) is 4.35. The van der Waals surface area contributed by atoms with E-state index in [9.17, 15) is 17.6 Å². The van der Waals surface area contributed by atoms with Crippen LogP contribution in [0.1, 0.15) is 16.4 Å². The van der Waals surface area contributed by atoms with Crippen molar-refractivity contribution in [2.45, 2.75) is 5.25 Å². The first-order valence-corrected chi connectivity index (χ1v) is 8.66. The lowest BCUT2D eigenvalue weighted by Crippen LogP contribution is -2.12. The van der Waals surface area contributed by atoms with Crippen LogP contribution < -0.4 is 0 Å². The molecule has 0 saturated heterocycles. The lowest BCUT2D eigenvalue weighted by Gasteiger charge is -2.16. The van der Waals surface area contributed by atoms with Crippen LogP contribution in [0.5, 0.6) is 0 Å². The van der Waals surface area contributed by atoms with Crippen LogP contribution in [0.25, 0.3) is 0 Å². The van der Waals surface area contributed by atoms with Crippen LogP contribution in [0.4, 0.5) is 8.78 Å². The van der Waals surface area contributed by atoms with E-state index in [4.69, 9.17) is 4.89 Å². The van der Waals surface area contributed by atoms with E-state index in [1.54, 1.807) is 0 Å². The van der Waals surface area contributed by atoms with E-state index in [2.05, 4.69) is 4.52 Å². The second-order valence-corrected chi connectivity index (χ2v) is 6.55. The summed E-state index contributed by atoms with van der Waals surface area (Å²) in [5.41, 5.74) is 1.06. The van der Waals surface area contributed by atoms with Crippen LogP contribution in [0.2, 0.25) is 0 Å². The fraction of sp³-hybridized carbons (Fsp3) is 0.143. The molecular weight excluding hydrogens is 333 g/mol. The molecule has 1 unspecified atom stereocenters. The third-order valence-electron chi connectivity index (χ3n) is 2.89. The van der Waals surface area contributed by atoms with Crippen LogP contribution in [0.15, 0.2) is 48.5 Å². The number of halogens is 2. The van der Waals surface area contributed by atoms with Crippen molar-refractivity contribution in [3.8, 4) is 0 Å². The van der Waals surface area contributed by atoms with Crippen molar-refractivity contribution in [2.75, 3.05) is 5.94 Å². The highest BCUT2D eigenvalue weighted by Gasteiger charge is 2.25. The molecular formula is C14H12F2O4PS+. The zero-order valence-corrected chi connectivity index (χ0v) is 12.9. The summed E-state index contributed by atoms with van der Waals surface area (Å²) in [7, 11) is -4.57. The second kappa shape index (κ2) is 7.65. The Morgan fingerprint density at radius 2 is 1.41 bits per heavy atom. The van der Waals surface area contributed by atoms with Crippen molar-refractivity contribution in [3.05, 3.63) is 71.3 Å². The predicted molar refractivity (Wildman–Crippen MR) is 78.6 cm³/mol. The van der Waals surface area contributed by atoms with E-state index in [0.717, 1.165) is 0 Å². The minimum atomic E-state index is -2.87. The van der Waals surface area contributed by atoms with Gasteiger partial charge in [0.1, 0.15) is 11.6 Å². The summed E-state index contributed by atoms with van der Waals surface area (Å²) in [6.07, 6.45) is 0. The van der Waals surface area contributed by atoms with Gasteiger partial charge in [-0.05, 0) is 35.4 Å². The summed E-state index contributed by atoms with van der Waals surface area (Å²) in [4.78, 5) is 8.65. The first kappa shape index (κ1) is 16.8. The Bertz CT molecular complexity index is 631. The Morgan fingerprint density at radius 3 is 1.77 bits per heavy atom. The maximum atomic E-state index is 13.0. The monoisotopic (exact) mass is 345 g/mol. The Hall–Kier alpha value is -1.53. The van der Waals surface area contributed by atoms with Crippen molar-refractivity contribution in [1.29, 1.82) is 0 Å². The highest BCUT2D eigenvalue weighted by Crippen LogP contribution is 2.30. The minimum absolute atomic E-state index is 0.443. The number of rotatable bonds is 6. The molecule has 0 bridgehead atoms. The van der Waals surface area contributed by atoms with Gasteiger partial charge >= 0.3 is 8.25 Å². The molecule has 0 saturated carbocycles. The zero-order chi connectivity index (χ0) is 16.1. The van der Waals surface area contributed by atoms with Gasteiger partial charge in [-0.1, -0.05) is 24.3 Å². The number of hydrogen-bond donors (Lipinski definition) is 1. The molecule has 0 fully saturated rings. The lowest BCUT2D eigenvalue weighted by atomic mass is 10.0. The van der Waals surface area contributed by atoms with Gasteiger partial charge in [0.15, 0.2) is 5.94 Å². The van der Waals surface area contributed by atoms with E-state index >= 15 is 0 Å². The molecule has 0 radical (unpaired) electrons. The third kappa shape index (κ3) is 4.48. The highest BCUT2D eigenvalue weighted by molar-refractivity contribution is 7.85. The Morgan fingerprint density at radius 1 is 1.00 bits per heavy atom. The first-order chi connectivity index (χ1) is 10.5. The lowest BCUT2D eigenvalue weighted by molar-refractivity contribution is 0.327. The average molecular weight is 345 g/mol. The number of benzene rings is 2. The van der Waals surface area contributed by atoms with Gasteiger partial charge in [-0.25, -0.2) is 8.78 Å². The molecule has 0 aliphatic rings. The van der Waals surface area contributed by atoms with Gasteiger partial charge in [0.05, 0.1) is 16.0 Å². The molecule has 4 nitrogen and oxygen atoms in total. The van der Waals surface area contributed by atoms with Gasteiger partial charge in [0, 0.05) is 4.57 Å². The van der Waals surface area contributed by atoms with Crippen LogP contribution >= 0.6 is 8.25 Å². The van der Waals surface area contributed by atoms with Gasteiger partial charge in [-0.15, -0.1) is 9.42 Å². The van der Waals surface area contributed by atoms with E-state index in [0.29, 0.717) is 11.1 Å². The van der Waals surface area contributed by atoms with E-state index in [1.165, 1.54) is 48.5 Å². The van der Waals surface area contributed by atoms with Crippen molar-refractivity contribution in [2.24, 2.45) is 0 Å². The fourth-order valence-electron chi connectivity index (χ4n) is 1.94. The molecule has 116 valence electrons. The van der Waals surface area contributed by atoms with Crippen molar-refractivity contribution in [3.63, 3.8) is 0 Å². The van der Waals surface area contributed by atoms with Gasteiger partial charge in [-0.2, -0.15) is 0 Å². The summed E-state index contributed by atoms with van der Waals surface area (Å²) >= 11 is 0.